The number of carbonyl (C=O) groups excluding carboxylic acids is 1. The molecule has 0 aliphatic heterocycles. The van der Waals surface area contributed by atoms with Crippen LogP contribution in [0.2, 0.25) is 0 Å². The van der Waals surface area contributed by atoms with Gasteiger partial charge in [-0.25, -0.2) is 0 Å². The number of ketones is 1. The van der Waals surface area contributed by atoms with E-state index in [1.807, 2.05) is 0 Å². The summed E-state index contributed by atoms with van der Waals surface area (Å²) in [6, 6.07) is 10.7. The molecule has 0 bridgehead atoms. The van der Waals surface area contributed by atoms with Gasteiger partial charge in [-0.3, -0.25) is 4.79 Å². The Morgan fingerprint density at radius 1 is 0.905 bits per heavy atom. The SMILES string of the molecule is CC(=O)C(O)CCCCCCCCCCc1ccccc1. The Kier molecular flexibility index (Phi) is 9.81. The van der Waals surface area contributed by atoms with Gasteiger partial charge in [0.1, 0.15) is 6.10 Å². The molecule has 2 heteroatoms. The minimum atomic E-state index is -0.733. The summed E-state index contributed by atoms with van der Waals surface area (Å²) in [4.78, 5) is 10.9. The van der Waals surface area contributed by atoms with Gasteiger partial charge in [0.05, 0.1) is 0 Å². The number of Topliss-reactive ketones (excluding diaryl/α,β-unsaturated/α-hetero) is 1. The first-order valence-electron chi connectivity index (χ1n) is 8.42. The van der Waals surface area contributed by atoms with Gasteiger partial charge in [0.15, 0.2) is 5.78 Å². The third kappa shape index (κ3) is 9.41. The highest BCUT2D eigenvalue weighted by Gasteiger charge is 2.07. The molecule has 2 nitrogen and oxygen atoms in total. The van der Waals surface area contributed by atoms with Gasteiger partial charge in [0, 0.05) is 0 Å². The van der Waals surface area contributed by atoms with Crippen molar-refractivity contribution in [2.24, 2.45) is 0 Å². The summed E-state index contributed by atoms with van der Waals surface area (Å²) in [5.41, 5.74) is 1.45. The highest BCUT2D eigenvalue weighted by molar-refractivity contribution is 5.79. The average Bonchev–Trinajstić information content (AvgIpc) is 2.49. The molecule has 0 spiro atoms. The Labute approximate surface area is 129 Å². The largest absolute Gasteiger partial charge is 0.385 e. The van der Waals surface area contributed by atoms with Crippen molar-refractivity contribution in [3.8, 4) is 0 Å². The molecule has 1 aromatic rings. The van der Waals surface area contributed by atoms with Crippen molar-refractivity contribution >= 4 is 5.78 Å². The van der Waals surface area contributed by atoms with Crippen molar-refractivity contribution < 1.29 is 9.90 Å². The number of hydrogen-bond donors (Lipinski definition) is 1. The summed E-state index contributed by atoms with van der Waals surface area (Å²) in [7, 11) is 0. The summed E-state index contributed by atoms with van der Waals surface area (Å²) in [6.07, 6.45) is 10.9. The number of aryl methyl sites for hydroxylation is 1. The fraction of sp³-hybridized carbons (Fsp3) is 0.632. The van der Waals surface area contributed by atoms with Crippen LogP contribution in [-0.4, -0.2) is 17.0 Å². The predicted octanol–water partition coefficient (Wildman–Crippen LogP) is 4.69. The molecular weight excluding hydrogens is 260 g/mol. The second kappa shape index (κ2) is 11.5. The van der Waals surface area contributed by atoms with E-state index < -0.39 is 6.10 Å². The highest BCUT2D eigenvalue weighted by atomic mass is 16.3. The van der Waals surface area contributed by atoms with Crippen molar-refractivity contribution in [1.82, 2.24) is 0 Å². The van der Waals surface area contributed by atoms with E-state index in [0.29, 0.717) is 6.42 Å². The van der Waals surface area contributed by atoms with Crippen LogP contribution in [0.3, 0.4) is 0 Å². The number of aliphatic hydroxyl groups is 1. The van der Waals surface area contributed by atoms with Crippen LogP contribution in [0.1, 0.15) is 70.3 Å². The monoisotopic (exact) mass is 290 g/mol. The summed E-state index contributed by atoms with van der Waals surface area (Å²) >= 11 is 0. The third-order valence-electron chi connectivity index (χ3n) is 4.01. The standard InChI is InChI=1S/C19H30O2/c1-17(20)19(21)16-12-7-5-3-2-4-6-9-13-18-14-10-8-11-15-18/h8,10-11,14-15,19,21H,2-7,9,12-13,16H2,1H3. The number of carbonyl (C=O) groups is 1. The van der Waals surface area contributed by atoms with Gasteiger partial charge >= 0.3 is 0 Å². The van der Waals surface area contributed by atoms with Gasteiger partial charge in [0.2, 0.25) is 0 Å². The second-order valence-electron chi connectivity index (χ2n) is 5.98. The molecule has 0 heterocycles. The van der Waals surface area contributed by atoms with Crippen LogP contribution in [0.25, 0.3) is 0 Å². The molecule has 1 aromatic carbocycles. The highest BCUT2D eigenvalue weighted by Crippen LogP contribution is 2.12. The third-order valence-corrected chi connectivity index (χ3v) is 4.01. The molecule has 0 aliphatic carbocycles. The Morgan fingerprint density at radius 2 is 1.43 bits per heavy atom. The van der Waals surface area contributed by atoms with Gasteiger partial charge in [0.25, 0.3) is 0 Å². The summed E-state index contributed by atoms with van der Waals surface area (Å²) < 4.78 is 0. The molecule has 0 fully saturated rings. The Balaban J connectivity index is 1.84. The lowest BCUT2D eigenvalue weighted by Gasteiger charge is -2.06. The molecule has 0 saturated heterocycles. The maximum absolute atomic E-state index is 10.9. The van der Waals surface area contributed by atoms with E-state index in [0.717, 1.165) is 12.8 Å². The van der Waals surface area contributed by atoms with Crippen molar-refractivity contribution in [2.75, 3.05) is 0 Å². The lowest BCUT2D eigenvalue weighted by molar-refractivity contribution is -0.125. The van der Waals surface area contributed by atoms with Crippen LogP contribution in [0.15, 0.2) is 30.3 Å². The summed E-state index contributed by atoms with van der Waals surface area (Å²) in [6.45, 7) is 1.46. The van der Waals surface area contributed by atoms with E-state index in [1.54, 1.807) is 0 Å². The van der Waals surface area contributed by atoms with Crippen LogP contribution in [0.5, 0.6) is 0 Å². The van der Waals surface area contributed by atoms with E-state index in [4.69, 9.17) is 0 Å². The minimum absolute atomic E-state index is 0.103. The number of aliphatic hydroxyl groups excluding tert-OH is 1. The first kappa shape index (κ1) is 17.9. The smallest absolute Gasteiger partial charge is 0.158 e. The van der Waals surface area contributed by atoms with Crippen molar-refractivity contribution in [3.05, 3.63) is 35.9 Å². The fourth-order valence-corrected chi connectivity index (χ4v) is 2.58. The molecule has 1 unspecified atom stereocenters. The number of hydrogen-bond acceptors (Lipinski definition) is 2. The summed E-state index contributed by atoms with van der Waals surface area (Å²) in [5, 5.41) is 9.37. The second-order valence-corrected chi connectivity index (χ2v) is 5.98. The lowest BCUT2D eigenvalue weighted by atomic mass is 10.0. The van der Waals surface area contributed by atoms with E-state index in [9.17, 15) is 9.90 Å². The molecule has 21 heavy (non-hydrogen) atoms. The molecule has 0 radical (unpaired) electrons. The lowest BCUT2D eigenvalue weighted by Crippen LogP contribution is -2.16. The van der Waals surface area contributed by atoms with Gasteiger partial charge in [-0.2, -0.15) is 0 Å². The van der Waals surface area contributed by atoms with E-state index in [-0.39, 0.29) is 5.78 Å². The molecule has 1 N–H and O–H groups in total. The molecule has 1 rings (SSSR count). The Morgan fingerprint density at radius 3 is 2.00 bits per heavy atom. The molecule has 0 aromatic heterocycles. The molecule has 118 valence electrons. The molecule has 0 saturated carbocycles. The Hall–Kier alpha value is -1.15. The zero-order chi connectivity index (χ0) is 15.3. The molecule has 0 aliphatic rings. The van der Waals surface area contributed by atoms with E-state index in [2.05, 4.69) is 30.3 Å². The van der Waals surface area contributed by atoms with Crippen LogP contribution in [-0.2, 0) is 11.2 Å². The maximum Gasteiger partial charge on any atom is 0.158 e. The fourth-order valence-electron chi connectivity index (χ4n) is 2.58. The number of rotatable bonds is 12. The molecule has 0 amide bonds. The quantitative estimate of drug-likeness (QED) is 0.567. The minimum Gasteiger partial charge on any atom is -0.385 e. The van der Waals surface area contributed by atoms with Gasteiger partial charge in [-0.05, 0) is 31.7 Å². The number of unbranched alkanes of at least 4 members (excludes halogenated alkanes) is 7. The average molecular weight is 290 g/mol. The molecule has 1 atom stereocenters. The Bertz CT molecular complexity index is 372. The first-order chi connectivity index (χ1) is 10.2. The van der Waals surface area contributed by atoms with Crippen LogP contribution < -0.4 is 0 Å². The summed E-state index contributed by atoms with van der Waals surface area (Å²) in [5.74, 6) is -0.103. The van der Waals surface area contributed by atoms with Crippen LogP contribution in [0.4, 0.5) is 0 Å². The van der Waals surface area contributed by atoms with E-state index >= 15 is 0 Å². The number of benzene rings is 1. The van der Waals surface area contributed by atoms with E-state index in [1.165, 1.54) is 57.4 Å². The van der Waals surface area contributed by atoms with Crippen molar-refractivity contribution in [3.63, 3.8) is 0 Å². The maximum atomic E-state index is 10.9. The topological polar surface area (TPSA) is 37.3 Å². The first-order valence-corrected chi connectivity index (χ1v) is 8.42. The van der Waals surface area contributed by atoms with Gasteiger partial charge in [-0.1, -0.05) is 75.3 Å². The zero-order valence-electron chi connectivity index (χ0n) is 13.4. The van der Waals surface area contributed by atoms with Gasteiger partial charge < -0.3 is 5.11 Å². The van der Waals surface area contributed by atoms with Crippen LogP contribution in [0, 0.1) is 0 Å². The molecular formula is C19H30O2. The zero-order valence-corrected chi connectivity index (χ0v) is 13.4. The van der Waals surface area contributed by atoms with Crippen LogP contribution >= 0.6 is 0 Å². The normalized spacial score (nSPS) is 12.3. The van der Waals surface area contributed by atoms with Gasteiger partial charge in [-0.15, -0.1) is 0 Å². The van der Waals surface area contributed by atoms with Crippen molar-refractivity contribution in [1.29, 1.82) is 0 Å². The predicted molar refractivity (Wildman–Crippen MR) is 88.4 cm³/mol. The van der Waals surface area contributed by atoms with Crippen molar-refractivity contribution in [2.45, 2.75) is 77.2 Å².